The zero-order valence-corrected chi connectivity index (χ0v) is 19.1. The van der Waals surface area contributed by atoms with Gasteiger partial charge in [-0.15, -0.1) is 0 Å². The summed E-state index contributed by atoms with van der Waals surface area (Å²) in [6.45, 7) is 13.4. The molecule has 1 unspecified atom stereocenters. The van der Waals surface area contributed by atoms with Crippen molar-refractivity contribution >= 4 is 17.3 Å². The molecule has 0 spiro atoms. The van der Waals surface area contributed by atoms with Gasteiger partial charge >= 0.3 is 5.97 Å². The van der Waals surface area contributed by atoms with Crippen molar-refractivity contribution in [1.29, 1.82) is 5.26 Å². The summed E-state index contributed by atoms with van der Waals surface area (Å²) in [5.41, 5.74) is 3.68. The molecule has 30 heavy (non-hydrogen) atoms. The first kappa shape index (κ1) is 23.2. The zero-order chi connectivity index (χ0) is 22.6. The van der Waals surface area contributed by atoms with Crippen LogP contribution in [0.25, 0.3) is 11.3 Å². The second-order valence-electron chi connectivity index (χ2n) is 8.71. The molecule has 0 radical (unpaired) electrons. The number of hydrogen-bond acceptors (Lipinski definition) is 5. The van der Waals surface area contributed by atoms with Crippen molar-refractivity contribution in [3.8, 4) is 6.07 Å². The molecular weight excluding hydrogens is 378 g/mol. The molecule has 0 aliphatic heterocycles. The molecule has 0 saturated carbocycles. The van der Waals surface area contributed by atoms with E-state index in [1.807, 2.05) is 37.3 Å². The third-order valence-corrected chi connectivity index (χ3v) is 4.65. The van der Waals surface area contributed by atoms with Crippen LogP contribution in [0.5, 0.6) is 0 Å². The van der Waals surface area contributed by atoms with Crippen LogP contribution in [0.2, 0.25) is 0 Å². The first-order valence-electron chi connectivity index (χ1n) is 10.1. The average molecular weight is 410 g/mol. The van der Waals surface area contributed by atoms with E-state index in [0.717, 1.165) is 11.3 Å². The number of hydrogen-bond donors (Lipinski definition) is 0. The molecule has 2 aromatic rings. The first-order valence-corrected chi connectivity index (χ1v) is 10.1. The molecule has 0 bridgehead atoms. The first-order chi connectivity index (χ1) is 13.9. The molecule has 2 rings (SSSR count). The number of carbonyl (C=O) groups excluding carboxylic acids is 1. The van der Waals surface area contributed by atoms with Crippen LogP contribution in [-0.2, 0) is 26.7 Å². The number of benzene rings is 1. The van der Waals surface area contributed by atoms with Gasteiger partial charge in [-0.25, -0.2) is 0 Å². The second-order valence-corrected chi connectivity index (χ2v) is 8.71. The average Bonchev–Trinajstić information content (AvgIpc) is 2.99. The lowest BCUT2D eigenvalue weighted by molar-refractivity contribution is -0.167. The van der Waals surface area contributed by atoms with E-state index < -0.39 is 6.29 Å². The molecule has 0 aliphatic carbocycles. The molecule has 1 aromatic heterocycles. The number of rotatable bonds is 6. The molecule has 0 N–H and O–H groups in total. The van der Waals surface area contributed by atoms with Gasteiger partial charge in [0.15, 0.2) is 5.76 Å². The number of aromatic nitrogens is 2. The Morgan fingerprint density at radius 2 is 1.73 bits per heavy atom. The van der Waals surface area contributed by atoms with E-state index in [9.17, 15) is 10.1 Å². The fraction of sp³-hybridized carbons (Fsp3) is 0.458. The van der Waals surface area contributed by atoms with Crippen LogP contribution >= 0.6 is 0 Å². The van der Waals surface area contributed by atoms with Crippen molar-refractivity contribution in [2.75, 3.05) is 0 Å². The third kappa shape index (κ3) is 5.50. The van der Waals surface area contributed by atoms with Crippen molar-refractivity contribution in [1.82, 2.24) is 9.78 Å². The molecule has 0 aliphatic rings. The predicted molar refractivity (Wildman–Crippen MR) is 117 cm³/mol. The summed E-state index contributed by atoms with van der Waals surface area (Å²) >= 11 is 0. The normalized spacial score (nSPS) is 13.5. The Morgan fingerprint density at radius 3 is 2.17 bits per heavy atom. The Morgan fingerprint density at radius 1 is 1.13 bits per heavy atom. The molecule has 0 amide bonds. The maximum atomic E-state index is 12.0. The Labute approximate surface area is 179 Å². The van der Waals surface area contributed by atoms with Crippen LogP contribution in [0.4, 0.5) is 0 Å². The Bertz CT molecular complexity index is 971. The van der Waals surface area contributed by atoms with Gasteiger partial charge in [-0.1, -0.05) is 58.9 Å². The maximum absolute atomic E-state index is 12.0. The number of aryl methyl sites for hydroxylation is 2. The van der Waals surface area contributed by atoms with Crippen molar-refractivity contribution in [2.45, 2.75) is 60.2 Å². The molecule has 1 aromatic carbocycles. The molecule has 160 valence electrons. The molecule has 6 nitrogen and oxygen atoms in total. The van der Waals surface area contributed by atoms with Crippen molar-refractivity contribution in [2.24, 2.45) is 13.0 Å². The van der Waals surface area contributed by atoms with Crippen molar-refractivity contribution in [3.63, 3.8) is 0 Å². The van der Waals surface area contributed by atoms with Gasteiger partial charge in [0, 0.05) is 14.0 Å². The fourth-order valence-corrected chi connectivity index (χ4v) is 2.94. The molecular formula is C24H31N3O3. The number of carbonyl (C=O) groups is 1. The lowest BCUT2D eigenvalue weighted by Crippen LogP contribution is -2.22. The largest absolute Gasteiger partial charge is 0.451 e. The quantitative estimate of drug-likeness (QED) is 0.291. The predicted octanol–water partition coefficient (Wildman–Crippen LogP) is 4.98. The van der Waals surface area contributed by atoms with Gasteiger partial charge in [0.05, 0.1) is 11.6 Å². The molecule has 1 heterocycles. The van der Waals surface area contributed by atoms with Crippen LogP contribution in [0, 0.1) is 24.2 Å². The Kier molecular flexibility index (Phi) is 7.09. The minimum absolute atomic E-state index is 0.00704. The summed E-state index contributed by atoms with van der Waals surface area (Å²) in [6, 6.07) is 12.0. The molecule has 6 heteroatoms. The van der Waals surface area contributed by atoms with E-state index in [2.05, 4.69) is 31.9 Å². The highest BCUT2D eigenvalue weighted by Crippen LogP contribution is 2.31. The van der Waals surface area contributed by atoms with Gasteiger partial charge in [-0.3, -0.25) is 9.48 Å². The molecule has 0 saturated heterocycles. The zero-order valence-electron chi connectivity index (χ0n) is 19.1. The van der Waals surface area contributed by atoms with E-state index in [-0.39, 0.29) is 17.3 Å². The Hall–Kier alpha value is -3.07. The fourth-order valence-electron chi connectivity index (χ4n) is 2.94. The monoisotopic (exact) mass is 409 g/mol. The summed E-state index contributed by atoms with van der Waals surface area (Å²) in [7, 11) is 1.79. The number of ether oxygens (including phenoxy) is 2. The summed E-state index contributed by atoms with van der Waals surface area (Å²) in [6.07, 6.45) is -0.859. The van der Waals surface area contributed by atoms with Crippen LogP contribution in [0.1, 0.15) is 64.1 Å². The van der Waals surface area contributed by atoms with Crippen LogP contribution in [0.15, 0.2) is 30.3 Å². The number of nitrogens with zero attached hydrogens (tertiary/aromatic N) is 3. The van der Waals surface area contributed by atoms with Gasteiger partial charge in [0.2, 0.25) is 6.29 Å². The second kappa shape index (κ2) is 9.17. The van der Waals surface area contributed by atoms with Crippen molar-refractivity contribution in [3.05, 3.63) is 52.8 Å². The maximum Gasteiger partial charge on any atom is 0.311 e. The van der Waals surface area contributed by atoms with Crippen LogP contribution < -0.4 is 0 Å². The lowest BCUT2D eigenvalue weighted by Gasteiger charge is -2.21. The van der Waals surface area contributed by atoms with E-state index >= 15 is 0 Å². The standard InChI is InChI=1S/C24H31N3O3/c1-15(2)23(28)30-17(4)29-22(21-13-16(3)26-27(21)8)20(14-25)18-9-11-19(12-10-18)24(5,6)7/h9-13,15,17H,1-8H3/b22-20-. The van der Waals surface area contributed by atoms with E-state index in [4.69, 9.17) is 9.47 Å². The van der Waals surface area contributed by atoms with E-state index in [1.165, 1.54) is 5.56 Å². The van der Waals surface area contributed by atoms with Gasteiger partial charge in [0.1, 0.15) is 17.3 Å². The summed E-state index contributed by atoms with van der Waals surface area (Å²) in [4.78, 5) is 12.0. The summed E-state index contributed by atoms with van der Waals surface area (Å²) < 4.78 is 13.0. The summed E-state index contributed by atoms with van der Waals surface area (Å²) in [5, 5.41) is 14.4. The smallest absolute Gasteiger partial charge is 0.311 e. The summed E-state index contributed by atoms with van der Waals surface area (Å²) in [5.74, 6) is -0.313. The number of esters is 1. The van der Waals surface area contributed by atoms with Gasteiger partial charge in [-0.2, -0.15) is 10.4 Å². The Balaban J connectivity index is 2.54. The lowest BCUT2D eigenvalue weighted by atomic mass is 9.86. The van der Waals surface area contributed by atoms with Gasteiger partial charge < -0.3 is 9.47 Å². The highest BCUT2D eigenvalue weighted by atomic mass is 16.7. The topological polar surface area (TPSA) is 77.1 Å². The minimum atomic E-state index is -0.859. The SMILES string of the molecule is Cc1cc(/C(OC(C)OC(=O)C(C)C)=C(\C#N)c2ccc(C(C)(C)C)cc2)n(C)n1. The molecule has 1 atom stereocenters. The number of nitriles is 1. The molecule has 0 fully saturated rings. The third-order valence-electron chi connectivity index (χ3n) is 4.65. The van der Waals surface area contributed by atoms with E-state index in [1.54, 1.807) is 32.5 Å². The van der Waals surface area contributed by atoms with Gasteiger partial charge in [0.25, 0.3) is 0 Å². The van der Waals surface area contributed by atoms with E-state index in [0.29, 0.717) is 17.0 Å². The highest BCUT2D eigenvalue weighted by molar-refractivity contribution is 5.94. The van der Waals surface area contributed by atoms with Gasteiger partial charge in [-0.05, 0) is 29.5 Å². The van der Waals surface area contributed by atoms with Crippen LogP contribution in [-0.4, -0.2) is 22.0 Å². The van der Waals surface area contributed by atoms with Crippen molar-refractivity contribution < 1.29 is 14.3 Å². The minimum Gasteiger partial charge on any atom is -0.451 e. The number of allylic oxidation sites excluding steroid dienone is 1. The highest BCUT2D eigenvalue weighted by Gasteiger charge is 2.23. The van der Waals surface area contributed by atoms with Crippen LogP contribution in [0.3, 0.4) is 0 Å².